The predicted molar refractivity (Wildman–Crippen MR) is 112 cm³/mol. The number of rotatable bonds is 3. The molecule has 0 radical (unpaired) electrons. The molecule has 0 aromatic heterocycles. The normalized spacial score (nSPS) is 16.6. The third kappa shape index (κ3) is 3.08. The van der Waals surface area contributed by atoms with Gasteiger partial charge in [0.1, 0.15) is 0 Å². The average Bonchev–Trinajstić information content (AvgIpc) is 2.94. The minimum absolute atomic E-state index is 0.0900. The van der Waals surface area contributed by atoms with Gasteiger partial charge in [0.15, 0.2) is 0 Å². The molecule has 26 heavy (non-hydrogen) atoms. The molecule has 4 rings (SSSR count). The van der Waals surface area contributed by atoms with Crippen molar-refractivity contribution in [3.63, 3.8) is 0 Å². The number of hydrogen-bond acceptors (Lipinski definition) is 1. The summed E-state index contributed by atoms with van der Waals surface area (Å²) in [5.41, 5.74) is 7.16. The Hall–Kier alpha value is -2.38. The topological polar surface area (TPSA) is 12.0 Å². The van der Waals surface area contributed by atoms with Crippen molar-refractivity contribution in [3.8, 4) is 0 Å². The Kier molecular flexibility index (Phi) is 4.20. The average molecular weight is 341 g/mol. The van der Waals surface area contributed by atoms with Crippen molar-refractivity contribution in [2.75, 3.05) is 0 Å². The van der Waals surface area contributed by atoms with Crippen LogP contribution in [0.4, 0.5) is 0 Å². The van der Waals surface area contributed by atoms with Gasteiger partial charge in [-0.15, -0.1) is 0 Å². The number of allylic oxidation sites excluding steroid dienone is 1. The van der Waals surface area contributed by atoms with Crippen molar-refractivity contribution in [1.82, 2.24) is 5.32 Å². The molecule has 3 aromatic carbocycles. The Bertz CT molecular complexity index is 988. The van der Waals surface area contributed by atoms with E-state index in [4.69, 9.17) is 0 Å². The summed E-state index contributed by atoms with van der Waals surface area (Å²) in [6.07, 6.45) is 2.34. The van der Waals surface area contributed by atoms with Crippen molar-refractivity contribution in [2.24, 2.45) is 0 Å². The summed E-state index contributed by atoms with van der Waals surface area (Å²) < 4.78 is 0. The van der Waals surface area contributed by atoms with Crippen LogP contribution in [0.5, 0.6) is 0 Å². The van der Waals surface area contributed by atoms with Gasteiger partial charge >= 0.3 is 0 Å². The lowest BCUT2D eigenvalue weighted by Crippen LogP contribution is -2.35. The first-order valence-electron chi connectivity index (χ1n) is 9.47. The fourth-order valence-corrected chi connectivity index (χ4v) is 4.07. The molecule has 1 aliphatic rings. The Labute approximate surface area is 156 Å². The van der Waals surface area contributed by atoms with E-state index in [9.17, 15) is 0 Å². The van der Waals surface area contributed by atoms with E-state index < -0.39 is 0 Å². The number of benzene rings is 3. The maximum absolute atomic E-state index is 3.71. The molecular formula is C25H27N. The van der Waals surface area contributed by atoms with Crippen LogP contribution < -0.4 is 5.32 Å². The molecule has 1 N–H and O–H groups in total. The SMILES string of the molecule is CC1=Cc2ccccc2C1c1ccc2ccccc2c1CNC(C)(C)C. The molecule has 0 spiro atoms. The summed E-state index contributed by atoms with van der Waals surface area (Å²) in [5.74, 6) is 0.354. The van der Waals surface area contributed by atoms with E-state index in [0.717, 1.165) is 6.54 Å². The summed E-state index contributed by atoms with van der Waals surface area (Å²) in [5, 5.41) is 6.39. The van der Waals surface area contributed by atoms with E-state index in [-0.39, 0.29) is 5.54 Å². The summed E-state index contributed by atoms with van der Waals surface area (Å²) >= 11 is 0. The third-order valence-electron chi connectivity index (χ3n) is 5.33. The van der Waals surface area contributed by atoms with Gasteiger partial charge in [-0.25, -0.2) is 0 Å². The molecule has 0 aliphatic heterocycles. The zero-order chi connectivity index (χ0) is 18.3. The van der Waals surface area contributed by atoms with Gasteiger partial charge in [-0.05, 0) is 60.7 Å². The van der Waals surface area contributed by atoms with Crippen LogP contribution in [-0.2, 0) is 6.54 Å². The highest BCUT2D eigenvalue weighted by molar-refractivity contribution is 5.88. The standard InChI is InChI=1S/C25H27N/c1-17-15-19-10-6-8-12-21(19)24(17)22-14-13-18-9-5-7-11-20(18)23(22)16-26-25(2,3)4/h5-15,24,26H,16H2,1-4H3. The first kappa shape index (κ1) is 17.1. The van der Waals surface area contributed by atoms with Crippen LogP contribution in [0, 0.1) is 0 Å². The second kappa shape index (κ2) is 6.41. The fraction of sp³-hybridized carbons (Fsp3) is 0.280. The molecular weight excluding hydrogens is 314 g/mol. The van der Waals surface area contributed by atoms with E-state index in [2.05, 4.69) is 99.8 Å². The third-order valence-corrected chi connectivity index (χ3v) is 5.33. The molecule has 1 heteroatoms. The van der Waals surface area contributed by atoms with Crippen LogP contribution in [0.2, 0.25) is 0 Å². The largest absolute Gasteiger partial charge is 0.308 e. The van der Waals surface area contributed by atoms with Crippen molar-refractivity contribution in [3.05, 3.63) is 88.5 Å². The minimum Gasteiger partial charge on any atom is -0.308 e. The van der Waals surface area contributed by atoms with Crippen LogP contribution in [0.3, 0.4) is 0 Å². The van der Waals surface area contributed by atoms with Gasteiger partial charge in [0.25, 0.3) is 0 Å². The molecule has 0 fully saturated rings. The smallest absolute Gasteiger partial charge is 0.0308 e. The van der Waals surface area contributed by atoms with Crippen molar-refractivity contribution in [2.45, 2.75) is 45.7 Å². The van der Waals surface area contributed by atoms with Gasteiger partial charge in [-0.1, -0.05) is 72.3 Å². The molecule has 0 amide bonds. The Morgan fingerprint density at radius 3 is 2.38 bits per heavy atom. The molecule has 1 atom stereocenters. The summed E-state index contributed by atoms with van der Waals surface area (Å²) in [6, 6.07) is 22.2. The molecule has 132 valence electrons. The molecule has 0 heterocycles. The monoisotopic (exact) mass is 341 g/mol. The lowest BCUT2D eigenvalue weighted by Gasteiger charge is -2.25. The highest BCUT2D eigenvalue weighted by Crippen LogP contribution is 2.43. The Balaban J connectivity index is 1.89. The summed E-state index contributed by atoms with van der Waals surface area (Å²) in [6.45, 7) is 9.84. The van der Waals surface area contributed by atoms with E-state index in [1.165, 1.54) is 38.6 Å². The van der Waals surface area contributed by atoms with Gasteiger partial charge in [0.05, 0.1) is 0 Å². The maximum atomic E-state index is 3.71. The molecule has 0 saturated heterocycles. The predicted octanol–water partition coefficient (Wildman–Crippen LogP) is 6.28. The molecule has 0 bridgehead atoms. The minimum atomic E-state index is 0.0900. The van der Waals surface area contributed by atoms with E-state index >= 15 is 0 Å². The van der Waals surface area contributed by atoms with Crippen molar-refractivity contribution < 1.29 is 0 Å². The second-order valence-electron chi connectivity index (χ2n) is 8.41. The highest BCUT2D eigenvalue weighted by Gasteiger charge is 2.26. The van der Waals surface area contributed by atoms with Gasteiger partial charge in [-0.3, -0.25) is 0 Å². The van der Waals surface area contributed by atoms with E-state index in [1.807, 2.05) is 0 Å². The molecule has 1 nitrogen and oxygen atoms in total. The molecule has 3 aromatic rings. The van der Waals surface area contributed by atoms with Crippen LogP contribution in [-0.4, -0.2) is 5.54 Å². The quantitative estimate of drug-likeness (QED) is 0.591. The molecule has 1 unspecified atom stereocenters. The van der Waals surface area contributed by atoms with Crippen LogP contribution in [0.1, 0.15) is 55.9 Å². The van der Waals surface area contributed by atoms with Crippen LogP contribution >= 0.6 is 0 Å². The second-order valence-corrected chi connectivity index (χ2v) is 8.41. The number of nitrogens with one attached hydrogen (secondary N) is 1. The van der Waals surface area contributed by atoms with Gasteiger partial charge < -0.3 is 5.32 Å². The first-order chi connectivity index (χ1) is 12.4. The Morgan fingerprint density at radius 2 is 1.58 bits per heavy atom. The van der Waals surface area contributed by atoms with E-state index in [0.29, 0.717) is 5.92 Å². The number of hydrogen-bond donors (Lipinski definition) is 1. The van der Waals surface area contributed by atoms with Gasteiger partial charge in [0, 0.05) is 18.0 Å². The zero-order valence-electron chi connectivity index (χ0n) is 16.1. The van der Waals surface area contributed by atoms with Crippen molar-refractivity contribution in [1.29, 1.82) is 0 Å². The highest BCUT2D eigenvalue weighted by atomic mass is 14.9. The van der Waals surface area contributed by atoms with Crippen LogP contribution in [0.25, 0.3) is 16.8 Å². The first-order valence-corrected chi connectivity index (χ1v) is 9.47. The summed E-state index contributed by atoms with van der Waals surface area (Å²) in [4.78, 5) is 0. The van der Waals surface area contributed by atoms with Gasteiger partial charge in [0.2, 0.25) is 0 Å². The zero-order valence-corrected chi connectivity index (χ0v) is 16.1. The van der Waals surface area contributed by atoms with Crippen molar-refractivity contribution >= 4 is 16.8 Å². The molecule has 1 aliphatic carbocycles. The summed E-state index contributed by atoms with van der Waals surface area (Å²) in [7, 11) is 0. The fourth-order valence-electron chi connectivity index (χ4n) is 4.07. The Morgan fingerprint density at radius 1 is 0.846 bits per heavy atom. The van der Waals surface area contributed by atoms with Crippen LogP contribution in [0.15, 0.2) is 66.2 Å². The van der Waals surface area contributed by atoms with Gasteiger partial charge in [-0.2, -0.15) is 0 Å². The lowest BCUT2D eigenvalue weighted by atomic mass is 9.84. The van der Waals surface area contributed by atoms with E-state index in [1.54, 1.807) is 0 Å². The maximum Gasteiger partial charge on any atom is 0.0308 e. The number of fused-ring (bicyclic) bond motifs is 2. The molecule has 0 saturated carbocycles. The lowest BCUT2D eigenvalue weighted by molar-refractivity contribution is 0.424.